The van der Waals surface area contributed by atoms with Crippen molar-refractivity contribution in [3.8, 4) is 17.2 Å². The molecule has 0 radical (unpaired) electrons. The fraction of sp³-hybridized carbons (Fsp3) is 0.296. The standard InChI is InChI=1S/C27H27N3O4S2/c1-16-17(2)36-25-24(16)26(32)30(20-8-6-5-7-9-20)27(28-25)35-15-23(31)29-11-10-18-12-21(33-3)22(34-4)13-19(18)14-29/h5-9,12-13H,10-11,14-15H2,1-4H3. The number of hydrogen-bond acceptors (Lipinski definition) is 7. The number of para-hydroxylation sites is 1. The maximum Gasteiger partial charge on any atom is 0.267 e. The molecule has 1 amide bonds. The van der Waals surface area contributed by atoms with Crippen LogP contribution in [0.1, 0.15) is 21.6 Å². The number of fused-ring (bicyclic) bond motifs is 2. The summed E-state index contributed by atoms with van der Waals surface area (Å²) < 4.78 is 12.5. The van der Waals surface area contributed by atoms with Gasteiger partial charge in [0.15, 0.2) is 16.7 Å². The molecule has 36 heavy (non-hydrogen) atoms. The van der Waals surface area contributed by atoms with Gasteiger partial charge in [0.05, 0.1) is 31.0 Å². The number of thiophene rings is 1. The van der Waals surface area contributed by atoms with Crippen LogP contribution in [-0.2, 0) is 17.8 Å². The van der Waals surface area contributed by atoms with Gasteiger partial charge >= 0.3 is 0 Å². The summed E-state index contributed by atoms with van der Waals surface area (Å²) in [5, 5.41) is 1.17. The molecule has 0 saturated carbocycles. The summed E-state index contributed by atoms with van der Waals surface area (Å²) in [6.45, 7) is 5.10. The molecule has 0 N–H and O–H groups in total. The van der Waals surface area contributed by atoms with Gasteiger partial charge in [0.25, 0.3) is 5.56 Å². The van der Waals surface area contributed by atoms with Crippen LogP contribution in [0.5, 0.6) is 11.5 Å². The van der Waals surface area contributed by atoms with E-state index < -0.39 is 0 Å². The van der Waals surface area contributed by atoms with Gasteiger partial charge in [-0.25, -0.2) is 4.98 Å². The van der Waals surface area contributed by atoms with Crippen LogP contribution in [0, 0.1) is 13.8 Å². The smallest absolute Gasteiger partial charge is 0.267 e. The van der Waals surface area contributed by atoms with Gasteiger partial charge in [-0.3, -0.25) is 14.2 Å². The number of hydrogen-bond donors (Lipinski definition) is 0. The fourth-order valence-electron chi connectivity index (χ4n) is 4.49. The number of aromatic nitrogens is 2. The first kappa shape index (κ1) is 24.4. The highest BCUT2D eigenvalue weighted by Crippen LogP contribution is 2.34. The molecule has 0 aliphatic carbocycles. The second kappa shape index (κ2) is 9.99. The van der Waals surface area contributed by atoms with E-state index in [0.29, 0.717) is 40.0 Å². The Bertz CT molecular complexity index is 1510. The van der Waals surface area contributed by atoms with Crippen LogP contribution in [0.3, 0.4) is 0 Å². The van der Waals surface area contributed by atoms with Gasteiger partial charge in [0.1, 0.15) is 4.83 Å². The predicted molar refractivity (Wildman–Crippen MR) is 144 cm³/mol. The van der Waals surface area contributed by atoms with E-state index in [-0.39, 0.29) is 17.2 Å². The van der Waals surface area contributed by atoms with E-state index in [1.165, 1.54) is 23.1 Å². The number of rotatable bonds is 6. The molecule has 1 aliphatic rings. The highest BCUT2D eigenvalue weighted by molar-refractivity contribution is 7.99. The van der Waals surface area contributed by atoms with E-state index >= 15 is 0 Å². The number of carbonyl (C=O) groups is 1. The number of nitrogens with zero attached hydrogens (tertiary/aromatic N) is 3. The minimum atomic E-state index is -0.101. The van der Waals surface area contributed by atoms with E-state index in [2.05, 4.69) is 0 Å². The summed E-state index contributed by atoms with van der Waals surface area (Å²) in [5.41, 5.74) is 3.82. The summed E-state index contributed by atoms with van der Waals surface area (Å²) in [4.78, 5) is 35.3. The Hall–Kier alpha value is -3.30. The van der Waals surface area contributed by atoms with Crippen molar-refractivity contribution in [3.05, 3.63) is 74.4 Å². The van der Waals surface area contributed by atoms with Gasteiger partial charge in [0, 0.05) is 18.0 Å². The summed E-state index contributed by atoms with van der Waals surface area (Å²) in [6.07, 6.45) is 0.749. The lowest BCUT2D eigenvalue weighted by atomic mass is 9.99. The van der Waals surface area contributed by atoms with Crippen molar-refractivity contribution in [2.45, 2.75) is 32.0 Å². The van der Waals surface area contributed by atoms with E-state index in [1.54, 1.807) is 18.8 Å². The Morgan fingerprint density at radius 1 is 1.08 bits per heavy atom. The molecule has 0 saturated heterocycles. The Morgan fingerprint density at radius 2 is 1.78 bits per heavy atom. The zero-order valence-corrected chi connectivity index (χ0v) is 22.3. The van der Waals surface area contributed by atoms with Crippen LogP contribution < -0.4 is 15.0 Å². The van der Waals surface area contributed by atoms with Crippen molar-refractivity contribution >= 4 is 39.2 Å². The summed E-state index contributed by atoms with van der Waals surface area (Å²) >= 11 is 2.82. The molecule has 0 fully saturated rings. The molecule has 2 aromatic carbocycles. The van der Waals surface area contributed by atoms with Crippen molar-refractivity contribution in [3.63, 3.8) is 0 Å². The van der Waals surface area contributed by atoms with Gasteiger partial charge in [-0.15, -0.1) is 11.3 Å². The van der Waals surface area contributed by atoms with Crippen molar-refractivity contribution in [1.29, 1.82) is 0 Å². The Kier molecular flexibility index (Phi) is 6.77. The largest absolute Gasteiger partial charge is 0.493 e. The maximum absolute atomic E-state index is 13.6. The molecule has 1 aliphatic heterocycles. The third-order valence-corrected chi connectivity index (χ3v) is 8.61. The third-order valence-electron chi connectivity index (χ3n) is 6.58. The van der Waals surface area contributed by atoms with E-state index in [1.807, 2.05) is 61.2 Å². The Labute approximate surface area is 217 Å². The normalized spacial score (nSPS) is 13.1. The lowest BCUT2D eigenvalue weighted by Crippen LogP contribution is -2.37. The highest BCUT2D eigenvalue weighted by atomic mass is 32.2. The van der Waals surface area contributed by atoms with Crippen LogP contribution in [0.2, 0.25) is 0 Å². The Morgan fingerprint density at radius 3 is 2.47 bits per heavy atom. The number of amides is 1. The monoisotopic (exact) mass is 521 g/mol. The minimum absolute atomic E-state index is 0.00735. The molecule has 7 nitrogen and oxygen atoms in total. The lowest BCUT2D eigenvalue weighted by Gasteiger charge is -2.29. The minimum Gasteiger partial charge on any atom is -0.493 e. The molecule has 2 aromatic heterocycles. The number of ether oxygens (including phenoxy) is 2. The van der Waals surface area contributed by atoms with Crippen molar-refractivity contribution in [2.24, 2.45) is 0 Å². The lowest BCUT2D eigenvalue weighted by molar-refractivity contribution is -0.129. The van der Waals surface area contributed by atoms with Crippen LogP contribution in [-0.4, -0.2) is 46.9 Å². The second-order valence-electron chi connectivity index (χ2n) is 8.66. The zero-order chi connectivity index (χ0) is 25.4. The van der Waals surface area contributed by atoms with Gasteiger partial charge < -0.3 is 14.4 Å². The van der Waals surface area contributed by atoms with Gasteiger partial charge in [-0.2, -0.15) is 0 Å². The molecule has 5 rings (SSSR count). The van der Waals surface area contributed by atoms with Crippen LogP contribution in [0.4, 0.5) is 0 Å². The highest BCUT2D eigenvalue weighted by Gasteiger charge is 2.24. The van der Waals surface area contributed by atoms with Gasteiger partial charge in [-0.05, 0) is 61.2 Å². The average Bonchev–Trinajstić information content (AvgIpc) is 3.19. The number of thioether (sulfide) groups is 1. The van der Waals surface area contributed by atoms with Crippen LogP contribution in [0.15, 0.2) is 52.4 Å². The zero-order valence-electron chi connectivity index (χ0n) is 20.7. The molecule has 0 unspecified atom stereocenters. The first-order valence-corrected chi connectivity index (χ1v) is 13.4. The quantitative estimate of drug-likeness (QED) is 0.269. The predicted octanol–water partition coefficient (Wildman–Crippen LogP) is 4.76. The molecule has 0 atom stereocenters. The average molecular weight is 522 g/mol. The maximum atomic E-state index is 13.6. The number of benzene rings is 2. The Balaban J connectivity index is 1.42. The fourth-order valence-corrected chi connectivity index (χ4v) is 6.48. The number of methoxy groups -OCH3 is 2. The van der Waals surface area contributed by atoms with Gasteiger partial charge in [0.2, 0.25) is 5.91 Å². The van der Waals surface area contributed by atoms with Crippen molar-refractivity contribution < 1.29 is 14.3 Å². The first-order valence-electron chi connectivity index (χ1n) is 11.6. The van der Waals surface area contributed by atoms with Crippen LogP contribution >= 0.6 is 23.1 Å². The molecule has 0 spiro atoms. The topological polar surface area (TPSA) is 73.7 Å². The molecular formula is C27H27N3O4S2. The summed E-state index contributed by atoms with van der Waals surface area (Å²) in [5.74, 6) is 1.56. The number of carbonyl (C=O) groups excluding carboxylic acids is 1. The van der Waals surface area contributed by atoms with Gasteiger partial charge in [-0.1, -0.05) is 30.0 Å². The molecular weight excluding hydrogens is 494 g/mol. The molecule has 3 heterocycles. The van der Waals surface area contributed by atoms with Crippen molar-refractivity contribution in [2.75, 3.05) is 26.5 Å². The molecule has 9 heteroatoms. The van der Waals surface area contributed by atoms with E-state index in [9.17, 15) is 9.59 Å². The number of aryl methyl sites for hydroxylation is 2. The third kappa shape index (κ3) is 4.37. The van der Waals surface area contributed by atoms with E-state index in [4.69, 9.17) is 14.5 Å². The summed E-state index contributed by atoms with van der Waals surface area (Å²) in [7, 11) is 3.23. The molecule has 186 valence electrons. The first-order chi connectivity index (χ1) is 17.4. The van der Waals surface area contributed by atoms with E-state index in [0.717, 1.165) is 33.7 Å². The van der Waals surface area contributed by atoms with Crippen LogP contribution in [0.25, 0.3) is 15.9 Å². The molecule has 4 aromatic rings. The SMILES string of the molecule is COc1cc2c(cc1OC)CN(C(=O)CSc1nc3sc(C)c(C)c3c(=O)n1-c1ccccc1)CC2. The summed E-state index contributed by atoms with van der Waals surface area (Å²) in [6, 6.07) is 13.4. The second-order valence-corrected chi connectivity index (χ2v) is 10.8. The molecule has 0 bridgehead atoms. The van der Waals surface area contributed by atoms with Crippen molar-refractivity contribution in [1.82, 2.24) is 14.5 Å².